The van der Waals surface area contributed by atoms with Crippen LogP contribution in [0.1, 0.15) is 59.8 Å². The predicted octanol–water partition coefficient (Wildman–Crippen LogP) is 5.92. The summed E-state index contributed by atoms with van der Waals surface area (Å²) in [6.45, 7) is 5.98. The number of fused-ring (bicyclic) bond motifs is 1. The lowest BCUT2D eigenvalue weighted by Crippen LogP contribution is -2.30. The molecule has 7 heteroatoms. The fourth-order valence-corrected chi connectivity index (χ4v) is 3.86. The number of hydrogen-bond donors (Lipinski definition) is 1. The number of carbonyl (C=O) groups is 2. The minimum atomic E-state index is -0.840. The molecule has 38 heavy (non-hydrogen) atoms. The number of hydrogen-bond acceptors (Lipinski definition) is 6. The van der Waals surface area contributed by atoms with E-state index in [9.17, 15) is 19.6 Å². The first kappa shape index (κ1) is 26.1. The van der Waals surface area contributed by atoms with E-state index in [-0.39, 0.29) is 28.5 Å². The van der Waals surface area contributed by atoms with Crippen molar-refractivity contribution in [1.29, 1.82) is 5.26 Å². The van der Waals surface area contributed by atoms with Gasteiger partial charge < -0.3 is 14.5 Å². The molecule has 1 heterocycles. The van der Waals surface area contributed by atoms with Gasteiger partial charge in [0.2, 0.25) is 0 Å². The van der Waals surface area contributed by atoms with Gasteiger partial charge in [0.1, 0.15) is 28.5 Å². The second kappa shape index (κ2) is 11.4. The van der Waals surface area contributed by atoms with Gasteiger partial charge in [-0.15, -0.1) is 0 Å². The van der Waals surface area contributed by atoms with E-state index in [1.165, 1.54) is 24.3 Å². The van der Waals surface area contributed by atoms with Crippen LogP contribution in [0, 0.1) is 11.3 Å². The van der Waals surface area contributed by atoms with Gasteiger partial charge >= 0.3 is 11.6 Å². The van der Waals surface area contributed by atoms with E-state index in [0.717, 1.165) is 11.1 Å². The molecule has 0 aliphatic carbocycles. The van der Waals surface area contributed by atoms with Gasteiger partial charge in [-0.3, -0.25) is 4.79 Å². The number of benzene rings is 3. The van der Waals surface area contributed by atoms with Crippen molar-refractivity contribution in [3.8, 4) is 11.8 Å². The zero-order valence-electron chi connectivity index (χ0n) is 21.2. The predicted molar refractivity (Wildman–Crippen MR) is 145 cm³/mol. The molecule has 0 aliphatic heterocycles. The van der Waals surface area contributed by atoms with E-state index in [2.05, 4.69) is 19.2 Å². The Labute approximate surface area is 220 Å². The minimum absolute atomic E-state index is 0.0943. The third-order valence-corrected chi connectivity index (χ3v) is 6.06. The average molecular weight is 507 g/mol. The molecule has 3 aromatic carbocycles. The molecule has 0 fully saturated rings. The fraction of sp³-hybridized carbons (Fsp3) is 0.161. The lowest BCUT2D eigenvalue weighted by molar-refractivity contribution is -0.129. The minimum Gasteiger partial charge on any atom is -0.422 e. The van der Waals surface area contributed by atoms with Crippen molar-refractivity contribution < 1.29 is 18.7 Å². The Morgan fingerprint density at radius 2 is 1.66 bits per heavy atom. The molecule has 7 nitrogen and oxygen atoms in total. The summed E-state index contributed by atoms with van der Waals surface area (Å²) in [5.41, 5.74) is 1.75. The lowest BCUT2D eigenvalue weighted by atomic mass is 10.0. The highest BCUT2D eigenvalue weighted by atomic mass is 16.5. The van der Waals surface area contributed by atoms with Crippen molar-refractivity contribution in [2.75, 3.05) is 0 Å². The molecule has 1 unspecified atom stereocenters. The summed E-state index contributed by atoms with van der Waals surface area (Å²) in [4.78, 5) is 37.9. The van der Waals surface area contributed by atoms with Crippen LogP contribution in [-0.2, 0) is 4.79 Å². The number of amides is 1. The summed E-state index contributed by atoms with van der Waals surface area (Å²) in [6, 6.07) is 24.4. The Balaban J connectivity index is 1.51. The molecule has 1 amide bonds. The van der Waals surface area contributed by atoms with Crippen molar-refractivity contribution in [3.05, 3.63) is 117 Å². The largest absolute Gasteiger partial charge is 0.422 e. The summed E-state index contributed by atoms with van der Waals surface area (Å²) in [6.07, 6.45) is 1.45. The topological polar surface area (TPSA) is 109 Å². The van der Waals surface area contributed by atoms with Gasteiger partial charge in [-0.2, -0.15) is 5.26 Å². The molecule has 1 aromatic heterocycles. The average Bonchev–Trinajstić information content (AvgIpc) is 2.91. The van der Waals surface area contributed by atoms with Crippen LogP contribution in [0.4, 0.5) is 0 Å². The Morgan fingerprint density at radius 1 is 0.947 bits per heavy atom. The van der Waals surface area contributed by atoms with E-state index in [4.69, 9.17) is 9.15 Å². The van der Waals surface area contributed by atoms with Crippen LogP contribution >= 0.6 is 0 Å². The fourth-order valence-electron chi connectivity index (χ4n) is 3.86. The lowest BCUT2D eigenvalue weighted by Gasteiger charge is -2.14. The first-order valence-electron chi connectivity index (χ1n) is 12.1. The normalized spacial score (nSPS) is 12.1. The van der Waals surface area contributed by atoms with Gasteiger partial charge in [0.05, 0.1) is 6.04 Å². The van der Waals surface area contributed by atoms with Gasteiger partial charge in [-0.05, 0) is 53.8 Å². The molecule has 0 aliphatic rings. The van der Waals surface area contributed by atoms with E-state index in [1.54, 1.807) is 6.07 Å². The van der Waals surface area contributed by atoms with E-state index < -0.39 is 17.5 Å². The number of nitrogens with zero attached hydrogens (tertiary/aromatic N) is 1. The van der Waals surface area contributed by atoms with Crippen molar-refractivity contribution in [2.24, 2.45) is 0 Å². The van der Waals surface area contributed by atoms with Crippen LogP contribution in [0.2, 0.25) is 0 Å². The summed E-state index contributed by atoms with van der Waals surface area (Å²) in [5.74, 6) is -0.938. The van der Waals surface area contributed by atoms with E-state index in [1.807, 2.05) is 67.6 Å². The Kier molecular flexibility index (Phi) is 7.83. The molecule has 0 bridgehead atoms. The highest BCUT2D eigenvalue weighted by molar-refractivity contribution is 6.00. The maximum absolute atomic E-state index is 12.7. The van der Waals surface area contributed by atoms with Gasteiger partial charge in [-0.1, -0.05) is 68.4 Å². The van der Waals surface area contributed by atoms with E-state index >= 15 is 0 Å². The summed E-state index contributed by atoms with van der Waals surface area (Å²) in [5, 5.41) is 12.8. The molecule has 1 N–H and O–H groups in total. The molecule has 0 radical (unpaired) electrons. The van der Waals surface area contributed by atoms with Crippen molar-refractivity contribution in [1.82, 2.24) is 5.32 Å². The Hall–Kier alpha value is -4.96. The van der Waals surface area contributed by atoms with Gasteiger partial charge in [-0.25, -0.2) is 9.59 Å². The number of nitrogens with one attached hydrogen (secondary N) is 1. The van der Waals surface area contributed by atoms with Crippen LogP contribution in [-0.4, -0.2) is 11.9 Å². The molecule has 4 rings (SSSR count). The van der Waals surface area contributed by atoms with Crippen LogP contribution in [0.3, 0.4) is 0 Å². The van der Waals surface area contributed by atoms with Crippen molar-refractivity contribution in [2.45, 2.75) is 32.7 Å². The molecule has 1 atom stereocenters. The maximum Gasteiger partial charge on any atom is 0.354 e. The zero-order chi connectivity index (χ0) is 27.2. The van der Waals surface area contributed by atoms with Crippen LogP contribution in [0.25, 0.3) is 17.0 Å². The monoisotopic (exact) mass is 506 g/mol. The molecule has 0 saturated heterocycles. The number of esters is 1. The molecule has 4 aromatic rings. The molecule has 0 spiro atoms. The third kappa shape index (κ3) is 6.05. The second-order valence-corrected chi connectivity index (χ2v) is 9.13. The molecular formula is C31H26N2O5. The maximum atomic E-state index is 12.7. The molecule has 0 saturated carbocycles. The van der Waals surface area contributed by atoms with Crippen molar-refractivity contribution in [3.63, 3.8) is 0 Å². The first-order valence-corrected chi connectivity index (χ1v) is 12.1. The second-order valence-electron chi connectivity index (χ2n) is 9.13. The Bertz CT molecular complexity index is 1610. The zero-order valence-corrected chi connectivity index (χ0v) is 21.2. The SMILES string of the molecule is CC(C)c1ccc(/C=C(\C#N)C(=O)Oc2ccc3cc(C(=O)NC(C)c4ccccc4)c(=O)oc3c2)cc1. The summed E-state index contributed by atoms with van der Waals surface area (Å²) in [7, 11) is 0. The number of ether oxygens (including phenoxy) is 1. The standard InChI is InChI=1S/C31H26N2O5/c1-19(2)22-11-9-21(10-12-22)15-25(18-32)30(35)37-26-14-13-24-16-27(31(36)38-28(24)17-26)29(34)33-20(3)23-7-5-4-6-8-23/h4-17,19-20H,1-3H3,(H,33,34)/b25-15+. The van der Waals surface area contributed by atoms with Gasteiger partial charge in [0, 0.05) is 11.5 Å². The third-order valence-electron chi connectivity index (χ3n) is 6.06. The highest BCUT2D eigenvalue weighted by Gasteiger charge is 2.18. The van der Waals surface area contributed by atoms with E-state index in [0.29, 0.717) is 16.9 Å². The number of nitriles is 1. The summed E-state index contributed by atoms with van der Waals surface area (Å²) >= 11 is 0. The highest BCUT2D eigenvalue weighted by Crippen LogP contribution is 2.23. The smallest absolute Gasteiger partial charge is 0.354 e. The molecule has 190 valence electrons. The number of carbonyl (C=O) groups excluding carboxylic acids is 2. The van der Waals surface area contributed by atoms with Crippen LogP contribution in [0.15, 0.2) is 93.6 Å². The first-order chi connectivity index (χ1) is 18.2. The van der Waals surface area contributed by atoms with Crippen LogP contribution in [0.5, 0.6) is 5.75 Å². The quantitative estimate of drug-likeness (QED) is 0.110. The Morgan fingerprint density at radius 3 is 2.32 bits per heavy atom. The number of rotatable bonds is 7. The van der Waals surface area contributed by atoms with Crippen molar-refractivity contribution >= 4 is 28.9 Å². The summed E-state index contributed by atoms with van der Waals surface area (Å²) < 4.78 is 10.7. The van der Waals surface area contributed by atoms with Gasteiger partial charge in [0.15, 0.2) is 0 Å². The van der Waals surface area contributed by atoms with Gasteiger partial charge in [0.25, 0.3) is 5.91 Å². The van der Waals surface area contributed by atoms with Crippen LogP contribution < -0.4 is 15.7 Å². The molecular weight excluding hydrogens is 480 g/mol.